The zero-order valence-electron chi connectivity index (χ0n) is 35.0. The molecule has 0 aliphatic rings. The van der Waals surface area contributed by atoms with E-state index in [2.05, 4.69) is 41.7 Å². The Morgan fingerprint density at radius 2 is 0.875 bits per heavy atom. The van der Waals surface area contributed by atoms with Gasteiger partial charge in [0, 0.05) is 45.6 Å². The molecule has 4 N–H and O–H groups in total. The number of hydrogen-bond donors (Lipinski definition) is 4. The minimum Gasteiger partial charge on any atom is -0.323 e. The van der Waals surface area contributed by atoms with Crippen LogP contribution in [0.4, 0.5) is 34.1 Å². The second kappa shape index (κ2) is 22.9. The number of rotatable bonds is 18. The molecule has 5 aromatic carbocycles. The smallest absolute Gasteiger partial charge is 0.258 e. The average molecular weight is 945 g/mol. The number of benzene rings is 5. The molecule has 5 rings (SSSR count). The lowest BCUT2D eigenvalue weighted by Gasteiger charge is -2.18. The maximum atomic E-state index is 13.6. The molecule has 0 spiro atoms. The van der Waals surface area contributed by atoms with Gasteiger partial charge in [-0.25, -0.2) is 0 Å². The van der Waals surface area contributed by atoms with E-state index in [-0.39, 0.29) is 32.5 Å². The number of hydrogen-bond acceptors (Lipinski definition) is 10. The van der Waals surface area contributed by atoms with Gasteiger partial charge in [0.2, 0.25) is 12.1 Å². The molecule has 0 aliphatic heterocycles. The van der Waals surface area contributed by atoms with Crippen LogP contribution in [0.25, 0.3) is 0 Å². The lowest BCUT2D eigenvalue weighted by Crippen LogP contribution is -2.33. The van der Waals surface area contributed by atoms with Gasteiger partial charge in [0.15, 0.2) is 11.6 Å². The Kier molecular flexibility index (Phi) is 17.4. The van der Waals surface area contributed by atoms with E-state index >= 15 is 0 Å². The van der Waals surface area contributed by atoms with E-state index < -0.39 is 47.3 Å². The number of halogens is 4. The Morgan fingerprint density at radius 3 is 1.19 bits per heavy atom. The van der Waals surface area contributed by atoms with Gasteiger partial charge >= 0.3 is 0 Å². The first-order valence-electron chi connectivity index (χ1n) is 19.8. The highest BCUT2D eigenvalue weighted by Crippen LogP contribution is 2.31. The zero-order chi connectivity index (χ0) is 46.5. The molecule has 330 valence electrons. The Bertz CT molecular complexity index is 2460. The van der Waals surface area contributed by atoms with Gasteiger partial charge in [0.1, 0.15) is 11.4 Å². The number of ketones is 2. The zero-order valence-corrected chi connectivity index (χ0v) is 38.0. The van der Waals surface area contributed by atoms with E-state index in [1.807, 2.05) is 13.8 Å². The number of amides is 4. The van der Waals surface area contributed by atoms with Gasteiger partial charge in [-0.05, 0) is 122 Å². The van der Waals surface area contributed by atoms with Gasteiger partial charge in [-0.15, -0.1) is 23.2 Å². The van der Waals surface area contributed by atoms with Gasteiger partial charge in [-0.3, -0.25) is 28.8 Å². The number of Topliss-reactive ketones (excluding diaryl/α,β-unsaturated/α-hetero) is 2. The lowest BCUT2D eigenvalue weighted by atomic mass is 10.0. The van der Waals surface area contributed by atoms with Gasteiger partial charge in [0.25, 0.3) is 23.6 Å². The van der Waals surface area contributed by atoms with E-state index in [4.69, 9.17) is 46.4 Å². The molecule has 0 saturated carbocycles. The Hall–Kier alpha value is -6.32. The molecule has 64 heavy (non-hydrogen) atoms. The summed E-state index contributed by atoms with van der Waals surface area (Å²) in [6, 6.07) is 22.8. The second-order valence-corrected chi connectivity index (χ2v) is 15.6. The molecule has 0 aliphatic carbocycles. The predicted molar refractivity (Wildman–Crippen MR) is 251 cm³/mol. The quantitative estimate of drug-likeness (QED) is 0.0382. The summed E-state index contributed by atoms with van der Waals surface area (Å²) in [4.78, 5) is 78.6. The molecule has 4 amide bonds. The Morgan fingerprint density at radius 1 is 0.516 bits per heavy atom. The van der Waals surface area contributed by atoms with Crippen molar-refractivity contribution in [2.24, 2.45) is 20.5 Å². The standard InChI is InChI=1S/C46H42Cl4N8O6/c1-5-29-19-38(54-46(64)42(26(4)60)58-56-40-22-32(12-18-36(40)50)44(62)52-34-15-9-28(24-48)10-16-34)30(6-2)20-37(29)53-45(63)41(25(3)59)57-55-39-21-31(11-17-35(39)49)43(61)51-33-13-7-27(23-47)8-14-33/h7-22,41-42H,5-6,23-24H2,1-4H3,(H,51,61)(H,52,62)(H,53,63)(H,54,64). The highest BCUT2D eigenvalue weighted by Gasteiger charge is 2.27. The number of carbonyl (C=O) groups is 6. The van der Waals surface area contributed by atoms with Crippen molar-refractivity contribution in [3.8, 4) is 0 Å². The number of alkyl halides is 2. The molecule has 0 saturated heterocycles. The first kappa shape index (κ1) is 48.7. The summed E-state index contributed by atoms with van der Waals surface area (Å²) in [6.45, 7) is 6.03. The Labute approximate surface area is 389 Å². The molecule has 0 bridgehead atoms. The number of nitrogens with one attached hydrogen (secondary N) is 4. The number of aryl methyl sites for hydroxylation is 2. The van der Waals surface area contributed by atoms with E-state index in [9.17, 15) is 28.8 Å². The SMILES string of the molecule is CCc1cc(NC(=O)C(N=Nc2cc(C(=O)Nc3ccc(CCl)cc3)ccc2Cl)C(C)=O)c(CC)cc1NC(=O)C(N=Nc1cc(C(=O)Nc2ccc(CCl)cc2)ccc1Cl)C(C)=O. The van der Waals surface area contributed by atoms with Crippen LogP contribution >= 0.6 is 46.4 Å². The van der Waals surface area contributed by atoms with Crippen molar-refractivity contribution in [3.05, 3.63) is 140 Å². The van der Waals surface area contributed by atoms with Gasteiger partial charge in [-0.2, -0.15) is 20.5 Å². The van der Waals surface area contributed by atoms with Crippen LogP contribution in [-0.2, 0) is 43.8 Å². The number of carbonyl (C=O) groups excluding carboxylic acids is 6. The third kappa shape index (κ3) is 12.9. The van der Waals surface area contributed by atoms with Crippen molar-refractivity contribution in [3.63, 3.8) is 0 Å². The summed E-state index contributed by atoms with van der Waals surface area (Å²) in [6.07, 6.45) is 0.764. The van der Waals surface area contributed by atoms with Crippen LogP contribution in [0.1, 0.15) is 70.7 Å². The van der Waals surface area contributed by atoms with Crippen LogP contribution in [0, 0.1) is 0 Å². The molecule has 2 atom stereocenters. The van der Waals surface area contributed by atoms with Crippen molar-refractivity contribution < 1.29 is 28.8 Å². The first-order valence-corrected chi connectivity index (χ1v) is 21.6. The van der Waals surface area contributed by atoms with Crippen LogP contribution in [-0.4, -0.2) is 47.3 Å². The van der Waals surface area contributed by atoms with E-state index in [1.54, 1.807) is 60.7 Å². The summed E-state index contributed by atoms with van der Waals surface area (Å²) < 4.78 is 0. The van der Waals surface area contributed by atoms with Crippen molar-refractivity contribution in [2.45, 2.75) is 64.4 Å². The summed E-state index contributed by atoms with van der Waals surface area (Å²) in [5.74, 6) is -3.03. The summed E-state index contributed by atoms with van der Waals surface area (Å²) >= 11 is 24.4. The maximum absolute atomic E-state index is 13.6. The molecular weight excluding hydrogens is 902 g/mol. The lowest BCUT2D eigenvalue weighted by molar-refractivity contribution is -0.127. The number of nitrogens with zero attached hydrogens (tertiary/aromatic N) is 4. The molecule has 0 fully saturated rings. The molecule has 18 heteroatoms. The van der Waals surface area contributed by atoms with Crippen LogP contribution in [0.3, 0.4) is 0 Å². The topological polar surface area (TPSA) is 200 Å². The molecule has 5 aromatic rings. The fourth-order valence-electron chi connectivity index (χ4n) is 6.01. The highest BCUT2D eigenvalue weighted by molar-refractivity contribution is 6.33. The normalized spacial score (nSPS) is 12.1. The van der Waals surface area contributed by atoms with E-state index in [1.165, 1.54) is 50.2 Å². The van der Waals surface area contributed by atoms with Crippen molar-refractivity contribution in [1.82, 2.24) is 0 Å². The summed E-state index contributed by atoms with van der Waals surface area (Å²) in [5, 5.41) is 27.5. The fraction of sp³-hybridized carbons (Fsp3) is 0.217. The van der Waals surface area contributed by atoms with Crippen molar-refractivity contribution >= 4 is 116 Å². The maximum Gasteiger partial charge on any atom is 0.258 e. The summed E-state index contributed by atoms with van der Waals surface area (Å²) in [5.41, 5.74) is 5.25. The molecule has 2 unspecified atom stereocenters. The third-order valence-corrected chi connectivity index (χ3v) is 10.8. The minimum absolute atomic E-state index is 0.0572. The first-order chi connectivity index (χ1) is 30.6. The van der Waals surface area contributed by atoms with Crippen LogP contribution < -0.4 is 21.3 Å². The van der Waals surface area contributed by atoms with E-state index in [0.29, 0.717) is 58.5 Å². The fourth-order valence-corrected chi connectivity index (χ4v) is 6.67. The number of azo groups is 2. The van der Waals surface area contributed by atoms with Crippen molar-refractivity contribution in [2.75, 3.05) is 21.3 Å². The molecular formula is C46H42Cl4N8O6. The average Bonchev–Trinajstić information content (AvgIpc) is 3.28. The van der Waals surface area contributed by atoms with Crippen LogP contribution in [0.15, 0.2) is 118 Å². The minimum atomic E-state index is -1.58. The molecule has 0 aromatic heterocycles. The molecule has 0 radical (unpaired) electrons. The Balaban J connectivity index is 1.30. The van der Waals surface area contributed by atoms with Crippen molar-refractivity contribution in [1.29, 1.82) is 0 Å². The van der Waals surface area contributed by atoms with Gasteiger partial charge in [0.05, 0.1) is 10.0 Å². The van der Waals surface area contributed by atoms with Gasteiger partial charge in [-0.1, -0.05) is 61.3 Å². The number of anilines is 4. The third-order valence-electron chi connectivity index (χ3n) is 9.58. The predicted octanol–water partition coefficient (Wildman–Crippen LogP) is 11.5. The largest absolute Gasteiger partial charge is 0.323 e. The molecule has 0 heterocycles. The van der Waals surface area contributed by atoms with Gasteiger partial charge < -0.3 is 21.3 Å². The second-order valence-electron chi connectivity index (χ2n) is 14.2. The summed E-state index contributed by atoms with van der Waals surface area (Å²) in [7, 11) is 0. The van der Waals surface area contributed by atoms with E-state index in [0.717, 1.165) is 11.1 Å². The monoisotopic (exact) mass is 942 g/mol. The molecule has 14 nitrogen and oxygen atoms in total. The van der Waals surface area contributed by atoms with Crippen LogP contribution in [0.2, 0.25) is 10.0 Å². The van der Waals surface area contributed by atoms with Crippen LogP contribution in [0.5, 0.6) is 0 Å². The highest BCUT2D eigenvalue weighted by atomic mass is 35.5.